The second-order valence-corrected chi connectivity index (χ2v) is 5.35. The quantitative estimate of drug-likeness (QED) is 0.857. The molecule has 1 N–H and O–H groups in total. The monoisotopic (exact) mass is 286 g/mol. The van der Waals surface area contributed by atoms with Crippen molar-refractivity contribution < 1.29 is 4.79 Å². The first kappa shape index (κ1) is 14.2. The number of anilines is 1. The summed E-state index contributed by atoms with van der Waals surface area (Å²) in [5.74, 6) is 0.666. The van der Waals surface area contributed by atoms with Gasteiger partial charge in [-0.1, -0.05) is 0 Å². The predicted octanol–water partition coefficient (Wildman–Crippen LogP) is 2.41. The van der Waals surface area contributed by atoms with Crippen molar-refractivity contribution in [2.45, 2.75) is 11.3 Å². The number of nitriles is 1. The molecule has 0 atom stereocenters. The molecule has 1 heterocycles. The number of thioether (sulfide) groups is 1. The van der Waals surface area contributed by atoms with Gasteiger partial charge in [0.15, 0.2) is 0 Å². The van der Waals surface area contributed by atoms with E-state index in [1.165, 1.54) is 0 Å². The first-order valence-corrected chi connectivity index (χ1v) is 7.07. The van der Waals surface area contributed by atoms with E-state index in [9.17, 15) is 4.79 Å². The average Bonchev–Trinajstić information content (AvgIpc) is 2.85. The minimum atomic E-state index is -0.0360. The third-order valence-corrected chi connectivity index (χ3v) is 3.53. The molecule has 0 radical (unpaired) electrons. The largest absolute Gasteiger partial charge is 0.326 e. The number of amides is 1. The minimum absolute atomic E-state index is 0.0360. The third-order valence-electron chi connectivity index (χ3n) is 2.58. The first-order chi connectivity index (χ1) is 9.67. The van der Waals surface area contributed by atoms with Crippen LogP contribution < -0.4 is 5.32 Å². The molecule has 1 aromatic heterocycles. The van der Waals surface area contributed by atoms with E-state index < -0.39 is 0 Å². The Hall–Kier alpha value is -2.26. The summed E-state index contributed by atoms with van der Waals surface area (Å²) in [5.41, 5.74) is 1.29. The molecule has 0 saturated heterocycles. The molecule has 0 aliphatic rings. The van der Waals surface area contributed by atoms with Gasteiger partial charge in [-0.05, 0) is 24.3 Å². The number of aromatic nitrogens is 2. The summed E-state index contributed by atoms with van der Waals surface area (Å²) >= 11 is 1.60. The third kappa shape index (κ3) is 4.14. The standard InChI is InChI=1S/C14H14N4OS/c1-18-10-13(9-16-18)20-7-6-14(19)17-12-4-2-11(8-15)3-5-12/h2-5,9-10H,6-7H2,1H3,(H,17,19). The van der Waals surface area contributed by atoms with E-state index in [0.717, 1.165) is 4.90 Å². The lowest BCUT2D eigenvalue weighted by atomic mass is 10.2. The average molecular weight is 286 g/mol. The molecule has 102 valence electrons. The van der Waals surface area contributed by atoms with Gasteiger partial charge in [0.1, 0.15) is 0 Å². The van der Waals surface area contributed by atoms with Gasteiger partial charge in [0, 0.05) is 36.0 Å². The molecule has 1 amide bonds. The molecule has 5 nitrogen and oxygen atoms in total. The molecule has 0 aliphatic heterocycles. The first-order valence-electron chi connectivity index (χ1n) is 6.09. The fourth-order valence-electron chi connectivity index (χ4n) is 1.59. The van der Waals surface area contributed by atoms with Crippen LogP contribution >= 0.6 is 11.8 Å². The molecular formula is C14H14N4OS. The molecule has 0 unspecified atom stereocenters. The fraction of sp³-hybridized carbons (Fsp3) is 0.214. The lowest BCUT2D eigenvalue weighted by Gasteiger charge is -2.04. The van der Waals surface area contributed by atoms with Crippen molar-refractivity contribution in [3.63, 3.8) is 0 Å². The summed E-state index contributed by atoms with van der Waals surface area (Å²) < 4.78 is 1.74. The van der Waals surface area contributed by atoms with Crippen LogP contribution in [-0.4, -0.2) is 21.4 Å². The highest BCUT2D eigenvalue weighted by Gasteiger charge is 2.04. The van der Waals surface area contributed by atoms with Crippen LogP contribution in [0.1, 0.15) is 12.0 Å². The normalized spacial score (nSPS) is 10.0. The fourth-order valence-corrected chi connectivity index (χ4v) is 2.46. The zero-order chi connectivity index (χ0) is 14.4. The maximum Gasteiger partial charge on any atom is 0.225 e. The molecule has 0 aliphatic carbocycles. The maximum absolute atomic E-state index is 11.8. The lowest BCUT2D eigenvalue weighted by molar-refractivity contribution is -0.115. The van der Waals surface area contributed by atoms with Gasteiger partial charge in [-0.25, -0.2) is 0 Å². The van der Waals surface area contributed by atoms with Crippen molar-refractivity contribution in [1.29, 1.82) is 5.26 Å². The number of carbonyl (C=O) groups excluding carboxylic acids is 1. The van der Waals surface area contributed by atoms with E-state index in [1.807, 2.05) is 19.3 Å². The highest BCUT2D eigenvalue weighted by molar-refractivity contribution is 7.99. The Morgan fingerprint density at radius 3 is 2.80 bits per heavy atom. The van der Waals surface area contributed by atoms with E-state index in [-0.39, 0.29) is 5.91 Å². The minimum Gasteiger partial charge on any atom is -0.326 e. The van der Waals surface area contributed by atoms with E-state index in [4.69, 9.17) is 5.26 Å². The number of rotatable bonds is 5. The Morgan fingerprint density at radius 2 is 2.20 bits per heavy atom. The Bertz CT molecular complexity index is 627. The summed E-state index contributed by atoms with van der Waals surface area (Å²) in [7, 11) is 1.86. The molecule has 20 heavy (non-hydrogen) atoms. The number of hydrogen-bond acceptors (Lipinski definition) is 4. The van der Waals surface area contributed by atoms with Crippen molar-refractivity contribution in [2.75, 3.05) is 11.1 Å². The molecule has 0 spiro atoms. The molecule has 0 bridgehead atoms. The van der Waals surface area contributed by atoms with Crippen LogP contribution in [0.25, 0.3) is 0 Å². The highest BCUT2D eigenvalue weighted by Crippen LogP contribution is 2.17. The Morgan fingerprint density at radius 1 is 1.45 bits per heavy atom. The van der Waals surface area contributed by atoms with Gasteiger partial charge in [-0.2, -0.15) is 10.4 Å². The van der Waals surface area contributed by atoms with Crippen LogP contribution in [0.15, 0.2) is 41.6 Å². The molecule has 0 fully saturated rings. The number of nitrogens with zero attached hydrogens (tertiary/aromatic N) is 3. The van der Waals surface area contributed by atoms with E-state index in [0.29, 0.717) is 23.4 Å². The number of hydrogen-bond donors (Lipinski definition) is 1. The zero-order valence-electron chi connectivity index (χ0n) is 11.0. The SMILES string of the molecule is Cn1cc(SCCC(=O)Nc2ccc(C#N)cc2)cn1. The Balaban J connectivity index is 1.76. The predicted molar refractivity (Wildman–Crippen MR) is 78.3 cm³/mol. The number of benzene rings is 1. The summed E-state index contributed by atoms with van der Waals surface area (Å²) in [4.78, 5) is 12.8. The topological polar surface area (TPSA) is 70.7 Å². The van der Waals surface area contributed by atoms with Gasteiger partial charge >= 0.3 is 0 Å². The van der Waals surface area contributed by atoms with Crippen molar-refractivity contribution in [1.82, 2.24) is 9.78 Å². The number of aryl methyl sites for hydroxylation is 1. The maximum atomic E-state index is 11.8. The van der Waals surface area contributed by atoms with Crippen molar-refractivity contribution in [2.24, 2.45) is 7.05 Å². The van der Waals surface area contributed by atoms with Crippen LogP contribution in [0, 0.1) is 11.3 Å². The van der Waals surface area contributed by atoms with Crippen molar-refractivity contribution >= 4 is 23.4 Å². The summed E-state index contributed by atoms with van der Waals surface area (Å²) in [6.07, 6.45) is 4.13. The second-order valence-electron chi connectivity index (χ2n) is 4.19. The highest BCUT2D eigenvalue weighted by atomic mass is 32.2. The molecule has 6 heteroatoms. The van der Waals surface area contributed by atoms with Crippen molar-refractivity contribution in [3.8, 4) is 6.07 Å². The summed E-state index contributed by atoms with van der Waals surface area (Å²) in [6.45, 7) is 0. The molecule has 1 aromatic carbocycles. The van der Waals surface area contributed by atoms with Crippen LogP contribution in [-0.2, 0) is 11.8 Å². The summed E-state index contributed by atoms with van der Waals surface area (Å²) in [5, 5.41) is 15.6. The van der Waals surface area contributed by atoms with E-state index in [2.05, 4.69) is 10.4 Å². The van der Waals surface area contributed by atoms with Gasteiger partial charge in [-0.3, -0.25) is 9.48 Å². The van der Waals surface area contributed by atoms with Gasteiger partial charge < -0.3 is 5.32 Å². The van der Waals surface area contributed by atoms with Crippen LogP contribution in [0.5, 0.6) is 0 Å². The zero-order valence-corrected chi connectivity index (χ0v) is 11.9. The van der Waals surface area contributed by atoms with Gasteiger partial charge in [0.25, 0.3) is 0 Å². The van der Waals surface area contributed by atoms with Crippen LogP contribution in [0.3, 0.4) is 0 Å². The summed E-state index contributed by atoms with van der Waals surface area (Å²) in [6, 6.07) is 8.85. The van der Waals surface area contributed by atoms with Crippen molar-refractivity contribution in [3.05, 3.63) is 42.2 Å². The smallest absolute Gasteiger partial charge is 0.225 e. The molecule has 2 aromatic rings. The Kier molecular flexibility index (Phi) is 4.80. The van der Waals surface area contributed by atoms with Gasteiger partial charge in [-0.15, -0.1) is 11.8 Å². The van der Waals surface area contributed by atoms with E-state index >= 15 is 0 Å². The number of nitrogens with one attached hydrogen (secondary N) is 1. The molecular weight excluding hydrogens is 272 g/mol. The van der Waals surface area contributed by atoms with Gasteiger partial charge in [0.05, 0.1) is 17.8 Å². The molecule has 0 saturated carbocycles. The number of carbonyl (C=O) groups is 1. The lowest BCUT2D eigenvalue weighted by Crippen LogP contribution is -2.12. The van der Waals surface area contributed by atoms with Crippen LogP contribution in [0.4, 0.5) is 5.69 Å². The van der Waals surface area contributed by atoms with Crippen LogP contribution in [0.2, 0.25) is 0 Å². The van der Waals surface area contributed by atoms with Gasteiger partial charge in [0.2, 0.25) is 5.91 Å². The molecule has 2 rings (SSSR count). The van der Waals surface area contributed by atoms with E-state index in [1.54, 1.807) is 46.9 Å². The Labute approximate surface area is 121 Å². The second kappa shape index (κ2) is 6.78.